The molecule has 0 heterocycles. The molecule has 3 unspecified atom stereocenters. The summed E-state index contributed by atoms with van der Waals surface area (Å²) < 4.78 is 0. The molecule has 0 aromatic carbocycles. The first-order valence-electron chi connectivity index (χ1n) is 7.51. The van der Waals surface area contributed by atoms with Crippen molar-refractivity contribution in [3.8, 4) is 0 Å². The Kier molecular flexibility index (Phi) is 4.59. The first-order valence-corrected chi connectivity index (χ1v) is 7.51. The molecular weight excluding hydrogens is 234 g/mol. The summed E-state index contributed by atoms with van der Waals surface area (Å²) >= 11 is 0. The first kappa shape index (κ1) is 16.7. The molecule has 1 aliphatic carbocycles. The Labute approximate surface area is 119 Å². The fourth-order valence-corrected chi connectivity index (χ4v) is 3.28. The maximum atomic E-state index is 10.5. The number of aliphatic hydroxyl groups excluding tert-OH is 1. The van der Waals surface area contributed by atoms with E-state index in [1.165, 1.54) is 5.57 Å². The van der Waals surface area contributed by atoms with Crippen molar-refractivity contribution in [2.24, 2.45) is 10.8 Å². The van der Waals surface area contributed by atoms with Crippen molar-refractivity contribution in [2.45, 2.75) is 85.4 Å². The van der Waals surface area contributed by atoms with E-state index in [4.69, 9.17) is 0 Å². The Bertz CT molecular complexity index is 334. The van der Waals surface area contributed by atoms with Gasteiger partial charge in [-0.1, -0.05) is 39.8 Å². The van der Waals surface area contributed by atoms with Crippen molar-refractivity contribution in [2.75, 3.05) is 0 Å². The minimum atomic E-state index is -0.280. The van der Waals surface area contributed by atoms with Gasteiger partial charge in [0.15, 0.2) is 0 Å². The summed E-state index contributed by atoms with van der Waals surface area (Å²) in [4.78, 5) is 0. The molecule has 0 bridgehead atoms. The molecule has 0 radical (unpaired) electrons. The van der Waals surface area contributed by atoms with Gasteiger partial charge in [0.05, 0.1) is 6.10 Å². The molecule has 0 aromatic rings. The lowest BCUT2D eigenvalue weighted by atomic mass is 9.62. The summed E-state index contributed by atoms with van der Waals surface area (Å²) in [6, 6.07) is 0.209. The SMILES string of the molecule is C=C(C(C)(C)C)C1(C)CCC(NC(C)(C)C)C(O)C1. The van der Waals surface area contributed by atoms with Gasteiger partial charge in [0.25, 0.3) is 0 Å². The highest BCUT2D eigenvalue weighted by atomic mass is 16.3. The third-order valence-electron chi connectivity index (χ3n) is 4.38. The molecule has 1 fully saturated rings. The zero-order valence-corrected chi connectivity index (χ0v) is 13.9. The van der Waals surface area contributed by atoms with Crippen LogP contribution in [0.25, 0.3) is 0 Å². The lowest BCUT2D eigenvalue weighted by Gasteiger charge is -2.47. The van der Waals surface area contributed by atoms with Crippen molar-refractivity contribution in [1.29, 1.82) is 0 Å². The molecule has 3 atom stereocenters. The second-order valence-corrected chi connectivity index (χ2v) is 8.60. The molecule has 0 saturated heterocycles. The Morgan fingerprint density at radius 1 is 1.21 bits per heavy atom. The molecule has 112 valence electrons. The van der Waals surface area contributed by atoms with Crippen LogP contribution < -0.4 is 5.32 Å². The highest BCUT2D eigenvalue weighted by Crippen LogP contribution is 2.48. The molecule has 0 aliphatic heterocycles. The normalized spacial score (nSPS) is 33.3. The van der Waals surface area contributed by atoms with Crippen LogP contribution in [0.2, 0.25) is 0 Å². The van der Waals surface area contributed by atoms with Gasteiger partial charge in [-0.2, -0.15) is 0 Å². The van der Waals surface area contributed by atoms with Gasteiger partial charge >= 0.3 is 0 Å². The third-order valence-corrected chi connectivity index (χ3v) is 4.38. The lowest BCUT2D eigenvalue weighted by Crippen LogP contribution is -2.53. The van der Waals surface area contributed by atoms with E-state index in [0.717, 1.165) is 19.3 Å². The topological polar surface area (TPSA) is 32.3 Å². The maximum absolute atomic E-state index is 10.5. The molecular formula is C17H33NO. The van der Waals surface area contributed by atoms with E-state index in [0.29, 0.717) is 0 Å². The van der Waals surface area contributed by atoms with E-state index in [9.17, 15) is 5.11 Å². The van der Waals surface area contributed by atoms with Crippen molar-refractivity contribution < 1.29 is 5.11 Å². The van der Waals surface area contributed by atoms with Crippen LogP contribution >= 0.6 is 0 Å². The standard InChI is InChI=1S/C17H33NO/c1-12(15(2,3)4)17(8)10-9-13(14(19)11-17)18-16(5,6)7/h13-14,18-19H,1,9-11H2,2-8H3. The summed E-state index contributed by atoms with van der Waals surface area (Å²) in [5, 5.41) is 14.0. The molecule has 2 nitrogen and oxygen atoms in total. The van der Waals surface area contributed by atoms with Gasteiger partial charge in [0, 0.05) is 11.6 Å². The number of hydrogen-bond acceptors (Lipinski definition) is 2. The zero-order valence-electron chi connectivity index (χ0n) is 13.9. The summed E-state index contributed by atoms with van der Waals surface area (Å²) in [5.74, 6) is 0. The Hall–Kier alpha value is -0.340. The van der Waals surface area contributed by atoms with E-state index < -0.39 is 0 Å². The largest absolute Gasteiger partial charge is 0.391 e. The van der Waals surface area contributed by atoms with Crippen molar-refractivity contribution in [3.05, 3.63) is 12.2 Å². The second-order valence-electron chi connectivity index (χ2n) is 8.60. The van der Waals surface area contributed by atoms with Crippen molar-refractivity contribution in [1.82, 2.24) is 5.32 Å². The minimum Gasteiger partial charge on any atom is -0.391 e. The van der Waals surface area contributed by atoms with Crippen molar-refractivity contribution in [3.63, 3.8) is 0 Å². The number of hydrogen-bond donors (Lipinski definition) is 2. The fraction of sp³-hybridized carbons (Fsp3) is 0.882. The molecule has 1 saturated carbocycles. The summed E-state index contributed by atoms with van der Waals surface area (Å²) in [6.45, 7) is 19.7. The summed E-state index contributed by atoms with van der Waals surface area (Å²) in [5.41, 5.74) is 1.50. The maximum Gasteiger partial charge on any atom is 0.0701 e. The van der Waals surface area contributed by atoms with Gasteiger partial charge in [-0.15, -0.1) is 0 Å². The molecule has 1 aliphatic rings. The number of aliphatic hydroxyl groups is 1. The number of rotatable bonds is 2. The van der Waals surface area contributed by atoms with Gasteiger partial charge in [0.2, 0.25) is 0 Å². The average molecular weight is 267 g/mol. The molecule has 0 amide bonds. The highest BCUT2D eigenvalue weighted by Gasteiger charge is 2.42. The van der Waals surface area contributed by atoms with Crippen LogP contribution in [0.4, 0.5) is 0 Å². The van der Waals surface area contributed by atoms with Crippen LogP contribution in [0.1, 0.15) is 67.7 Å². The Balaban J connectivity index is 2.75. The van der Waals surface area contributed by atoms with E-state index in [1.54, 1.807) is 0 Å². The molecule has 2 N–H and O–H groups in total. The van der Waals surface area contributed by atoms with Crippen LogP contribution in [0.5, 0.6) is 0 Å². The van der Waals surface area contributed by atoms with Crippen LogP contribution in [0, 0.1) is 10.8 Å². The Morgan fingerprint density at radius 2 is 1.74 bits per heavy atom. The minimum absolute atomic E-state index is 0.0560. The van der Waals surface area contributed by atoms with Crippen LogP contribution in [-0.4, -0.2) is 22.8 Å². The van der Waals surface area contributed by atoms with Gasteiger partial charge in [-0.05, 0) is 50.9 Å². The quantitative estimate of drug-likeness (QED) is 0.744. The smallest absolute Gasteiger partial charge is 0.0701 e. The monoisotopic (exact) mass is 267 g/mol. The predicted octanol–water partition coefficient (Wildman–Crippen LogP) is 3.90. The summed E-state index contributed by atoms with van der Waals surface area (Å²) in [6.07, 6.45) is 2.66. The molecule has 19 heavy (non-hydrogen) atoms. The zero-order chi connectivity index (χ0) is 15.1. The Morgan fingerprint density at radius 3 is 2.11 bits per heavy atom. The van der Waals surface area contributed by atoms with E-state index in [1.807, 2.05) is 0 Å². The predicted molar refractivity (Wildman–Crippen MR) is 83.2 cm³/mol. The summed E-state index contributed by atoms with van der Waals surface area (Å²) in [7, 11) is 0. The van der Waals surface area contributed by atoms with Gasteiger partial charge in [-0.25, -0.2) is 0 Å². The van der Waals surface area contributed by atoms with Gasteiger partial charge in [-0.3, -0.25) is 0 Å². The van der Waals surface area contributed by atoms with Crippen LogP contribution in [0.15, 0.2) is 12.2 Å². The fourth-order valence-electron chi connectivity index (χ4n) is 3.28. The lowest BCUT2D eigenvalue weighted by molar-refractivity contribution is 0.0266. The number of nitrogens with one attached hydrogen (secondary N) is 1. The first-order chi connectivity index (χ1) is 8.35. The average Bonchev–Trinajstić information content (AvgIpc) is 2.18. The second kappa shape index (κ2) is 5.21. The van der Waals surface area contributed by atoms with Gasteiger partial charge in [0.1, 0.15) is 0 Å². The molecule has 1 rings (SSSR count). The van der Waals surface area contributed by atoms with E-state index >= 15 is 0 Å². The molecule has 2 heteroatoms. The van der Waals surface area contributed by atoms with E-state index in [2.05, 4.69) is 60.4 Å². The van der Waals surface area contributed by atoms with Crippen LogP contribution in [0.3, 0.4) is 0 Å². The van der Waals surface area contributed by atoms with Gasteiger partial charge < -0.3 is 10.4 Å². The van der Waals surface area contributed by atoms with Crippen LogP contribution in [-0.2, 0) is 0 Å². The molecule has 0 spiro atoms. The van der Waals surface area contributed by atoms with Crippen molar-refractivity contribution >= 4 is 0 Å². The highest BCUT2D eigenvalue weighted by molar-refractivity contribution is 5.18. The molecule has 0 aromatic heterocycles. The van der Waals surface area contributed by atoms with E-state index in [-0.39, 0.29) is 28.5 Å². The number of allylic oxidation sites excluding steroid dienone is 1. The third kappa shape index (κ3) is 4.32.